The fourth-order valence-corrected chi connectivity index (χ4v) is 4.27. The van der Waals surface area contributed by atoms with E-state index in [4.69, 9.17) is 10.7 Å². The molecule has 3 rings (SSSR count). The van der Waals surface area contributed by atoms with E-state index < -0.39 is 0 Å². The summed E-state index contributed by atoms with van der Waals surface area (Å²) in [6.07, 6.45) is 7.69. The molecule has 1 saturated carbocycles. The zero-order valence-corrected chi connectivity index (χ0v) is 11.6. The average Bonchev–Trinajstić information content (AvgIpc) is 2.72. The number of aliphatic imine (C=N–C) groups is 1. The number of nitrogens with zero attached hydrogens (tertiary/aromatic N) is 1. The van der Waals surface area contributed by atoms with Gasteiger partial charge < -0.3 is 11.1 Å². The molecule has 3 heteroatoms. The van der Waals surface area contributed by atoms with Crippen molar-refractivity contribution in [3.8, 4) is 0 Å². The van der Waals surface area contributed by atoms with Gasteiger partial charge in [0.05, 0.1) is 6.04 Å². The van der Waals surface area contributed by atoms with Gasteiger partial charge in [-0.2, -0.15) is 0 Å². The van der Waals surface area contributed by atoms with Gasteiger partial charge in [-0.1, -0.05) is 18.9 Å². The molecule has 0 bridgehead atoms. The van der Waals surface area contributed by atoms with Crippen LogP contribution in [0.4, 0.5) is 0 Å². The summed E-state index contributed by atoms with van der Waals surface area (Å²) >= 11 is 0. The molecule has 1 fully saturated rings. The first-order valence-electron chi connectivity index (χ1n) is 7.49. The Morgan fingerprint density at radius 2 is 2.22 bits per heavy atom. The van der Waals surface area contributed by atoms with Crippen LogP contribution in [0.3, 0.4) is 0 Å². The highest BCUT2D eigenvalue weighted by Crippen LogP contribution is 2.48. The molecular weight excluding hydrogens is 222 g/mol. The molecule has 0 amide bonds. The first kappa shape index (κ1) is 12.1. The van der Waals surface area contributed by atoms with Gasteiger partial charge in [-0.3, -0.25) is 0 Å². The molecule has 1 heterocycles. The molecule has 3 N–H and O–H groups in total. The molecule has 4 atom stereocenters. The highest BCUT2D eigenvalue weighted by Gasteiger charge is 2.47. The lowest BCUT2D eigenvalue weighted by Crippen LogP contribution is -2.52. The summed E-state index contributed by atoms with van der Waals surface area (Å²) in [4.78, 5) is 4.76. The molecule has 0 aromatic carbocycles. The predicted octanol–water partition coefficient (Wildman–Crippen LogP) is 2.58. The van der Waals surface area contributed by atoms with Gasteiger partial charge in [0, 0.05) is 12.0 Å². The van der Waals surface area contributed by atoms with E-state index >= 15 is 0 Å². The lowest BCUT2D eigenvalue weighted by Gasteiger charge is -2.41. The van der Waals surface area contributed by atoms with E-state index in [1.54, 1.807) is 11.1 Å². The van der Waals surface area contributed by atoms with Gasteiger partial charge in [-0.05, 0) is 50.5 Å². The summed E-state index contributed by atoms with van der Waals surface area (Å²) in [5.41, 5.74) is 9.19. The molecule has 18 heavy (non-hydrogen) atoms. The van der Waals surface area contributed by atoms with Crippen molar-refractivity contribution in [3.05, 3.63) is 11.1 Å². The minimum Gasteiger partial charge on any atom is -0.370 e. The zero-order chi connectivity index (χ0) is 12.7. The van der Waals surface area contributed by atoms with Crippen LogP contribution in [0.25, 0.3) is 0 Å². The van der Waals surface area contributed by atoms with Crippen molar-refractivity contribution in [2.24, 2.45) is 22.6 Å². The van der Waals surface area contributed by atoms with Crippen molar-refractivity contribution in [2.75, 3.05) is 0 Å². The highest BCUT2D eigenvalue weighted by molar-refractivity contribution is 5.79. The number of hydrogen-bond donors (Lipinski definition) is 2. The normalized spacial score (nSPS) is 38.2. The molecule has 2 aliphatic carbocycles. The van der Waals surface area contributed by atoms with Crippen molar-refractivity contribution in [1.82, 2.24) is 5.32 Å². The number of hydrogen-bond acceptors (Lipinski definition) is 3. The van der Waals surface area contributed by atoms with Crippen LogP contribution < -0.4 is 11.1 Å². The standard InChI is InChI=1S/C15H25N3/c1-3-4-5-11-9(2)8-10-6-7-12-13(10)14(11)18-15(16)17-12/h10,12-14H,3-8H2,1-2H3,(H3,16,17,18)/t10-,12-,13+,14+/m0/s1. The molecule has 3 nitrogen and oxygen atoms in total. The van der Waals surface area contributed by atoms with Gasteiger partial charge >= 0.3 is 0 Å². The summed E-state index contributed by atoms with van der Waals surface area (Å²) in [5.74, 6) is 2.23. The number of guanidine groups is 1. The second-order valence-corrected chi connectivity index (χ2v) is 6.24. The van der Waals surface area contributed by atoms with Crippen LogP contribution in [0.2, 0.25) is 0 Å². The number of nitrogens with two attached hydrogens (primary N) is 1. The van der Waals surface area contributed by atoms with Gasteiger partial charge in [-0.25, -0.2) is 4.99 Å². The van der Waals surface area contributed by atoms with Gasteiger partial charge in [0.25, 0.3) is 0 Å². The smallest absolute Gasteiger partial charge is 0.189 e. The lowest BCUT2D eigenvalue weighted by molar-refractivity contribution is 0.273. The Hall–Kier alpha value is -0.990. The minimum atomic E-state index is 0.393. The number of allylic oxidation sites excluding steroid dienone is 1. The quantitative estimate of drug-likeness (QED) is 0.753. The summed E-state index contributed by atoms with van der Waals surface area (Å²) in [7, 11) is 0. The van der Waals surface area contributed by atoms with E-state index in [0.717, 1.165) is 5.92 Å². The summed E-state index contributed by atoms with van der Waals surface area (Å²) in [5, 5.41) is 3.40. The Kier molecular flexibility index (Phi) is 3.08. The van der Waals surface area contributed by atoms with Gasteiger partial charge in [-0.15, -0.1) is 0 Å². The van der Waals surface area contributed by atoms with Crippen molar-refractivity contribution >= 4 is 5.96 Å². The molecule has 0 saturated heterocycles. The van der Waals surface area contributed by atoms with Gasteiger partial charge in [0.1, 0.15) is 0 Å². The Balaban J connectivity index is 1.93. The molecule has 0 aromatic rings. The maximum Gasteiger partial charge on any atom is 0.189 e. The Labute approximate surface area is 110 Å². The monoisotopic (exact) mass is 247 g/mol. The number of rotatable bonds is 3. The van der Waals surface area contributed by atoms with Crippen LogP contribution in [-0.2, 0) is 0 Å². The van der Waals surface area contributed by atoms with E-state index in [0.29, 0.717) is 24.0 Å². The second-order valence-electron chi connectivity index (χ2n) is 6.24. The van der Waals surface area contributed by atoms with Crippen LogP contribution >= 0.6 is 0 Å². The maximum atomic E-state index is 5.98. The Morgan fingerprint density at radius 3 is 3.00 bits per heavy atom. The molecular formula is C15H25N3. The van der Waals surface area contributed by atoms with E-state index in [9.17, 15) is 0 Å². The van der Waals surface area contributed by atoms with E-state index in [1.165, 1.54) is 38.5 Å². The van der Waals surface area contributed by atoms with E-state index in [1.807, 2.05) is 0 Å². The predicted molar refractivity (Wildman–Crippen MR) is 75.4 cm³/mol. The Bertz CT molecular complexity index is 397. The largest absolute Gasteiger partial charge is 0.370 e. The minimum absolute atomic E-state index is 0.393. The third kappa shape index (κ3) is 1.84. The molecule has 0 radical (unpaired) electrons. The Morgan fingerprint density at radius 1 is 1.39 bits per heavy atom. The third-order valence-corrected chi connectivity index (χ3v) is 5.11. The molecule has 3 aliphatic rings. The summed E-state index contributed by atoms with van der Waals surface area (Å²) in [6.45, 7) is 4.59. The number of unbranched alkanes of at least 4 members (excludes halogenated alkanes) is 1. The molecule has 0 unspecified atom stereocenters. The summed E-state index contributed by atoms with van der Waals surface area (Å²) in [6, 6.07) is 0.978. The van der Waals surface area contributed by atoms with Crippen LogP contribution in [0.1, 0.15) is 52.4 Å². The summed E-state index contributed by atoms with van der Waals surface area (Å²) < 4.78 is 0. The van der Waals surface area contributed by atoms with Crippen LogP contribution in [-0.4, -0.2) is 18.0 Å². The second kappa shape index (κ2) is 4.60. The SMILES string of the molecule is CCCCC1=C(C)C[C@@H]2CC[C@@H]3NC(N)=N[C@H]1[C@H]23. The van der Waals surface area contributed by atoms with E-state index in [2.05, 4.69) is 19.2 Å². The van der Waals surface area contributed by atoms with E-state index in [-0.39, 0.29) is 0 Å². The first-order chi connectivity index (χ1) is 8.70. The van der Waals surface area contributed by atoms with Gasteiger partial charge in [0.15, 0.2) is 5.96 Å². The highest BCUT2D eigenvalue weighted by atomic mass is 15.2. The fourth-order valence-electron chi connectivity index (χ4n) is 4.27. The van der Waals surface area contributed by atoms with Crippen molar-refractivity contribution in [2.45, 2.75) is 64.5 Å². The third-order valence-electron chi connectivity index (χ3n) is 5.11. The molecule has 0 aromatic heterocycles. The van der Waals surface area contributed by atoms with Crippen molar-refractivity contribution in [3.63, 3.8) is 0 Å². The average molecular weight is 247 g/mol. The van der Waals surface area contributed by atoms with Gasteiger partial charge in [0.2, 0.25) is 0 Å². The zero-order valence-electron chi connectivity index (χ0n) is 11.6. The molecule has 100 valence electrons. The number of nitrogens with one attached hydrogen (secondary N) is 1. The first-order valence-corrected chi connectivity index (χ1v) is 7.49. The maximum absolute atomic E-state index is 5.98. The molecule has 1 aliphatic heterocycles. The fraction of sp³-hybridized carbons (Fsp3) is 0.800. The van der Waals surface area contributed by atoms with Crippen molar-refractivity contribution in [1.29, 1.82) is 0 Å². The lowest BCUT2D eigenvalue weighted by atomic mass is 9.72. The van der Waals surface area contributed by atoms with Crippen LogP contribution in [0, 0.1) is 11.8 Å². The van der Waals surface area contributed by atoms with Crippen LogP contribution in [0.5, 0.6) is 0 Å². The topological polar surface area (TPSA) is 50.4 Å². The van der Waals surface area contributed by atoms with Crippen molar-refractivity contribution < 1.29 is 0 Å². The molecule has 0 spiro atoms. The van der Waals surface area contributed by atoms with Crippen LogP contribution in [0.15, 0.2) is 16.1 Å².